The molecule has 0 heteroatoms. The second-order valence-electron chi connectivity index (χ2n) is 5.84. The van der Waals surface area contributed by atoms with Crippen molar-refractivity contribution in [2.75, 3.05) is 0 Å². The van der Waals surface area contributed by atoms with E-state index in [0.717, 1.165) is 11.8 Å². The number of rotatable bonds is 7. The fourth-order valence-electron chi connectivity index (χ4n) is 2.20. The van der Waals surface area contributed by atoms with Crippen LogP contribution in [0.3, 0.4) is 0 Å². The van der Waals surface area contributed by atoms with Gasteiger partial charge in [-0.05, 0) is 29.6 Å². The van der Waals surface area contributed by atoms with Crippen LogP contribution in [-0.2, 0) is 0 Å². The molecule has 0 saturated heterocycles. The Morgan fingerprint density at radius 1 is 1.20 bits per heavy atom. The lowest BCUT2D eigenvalue weighted by Gasteiger charge is -2.33. The first-order valence-electron chi connectivity index (χ1n) is 6.50. The fourth-order valence-corrected chi connectivity index (χ4v) is 2.20. The first kappa shape index (κ1) is 14.7. The largest absolute Gasteiger partial charge is 0.103 e. The lowest BCUT2D eigenvalue weighted by molar-refractivity contribution is 0.182. The summed E-state index contributed by atoms with van der Waals surface area (Å²) in [5.74, 6) is 2.24. The Kier molecular flexibility index (Phi) is 6.24. The van der Waals surface area contributed by atoms with E-state index >= 15 is 0 Å². The lowest BCUT2D eigenvalue weighted by Crippen LogP contribution is -2.23. The summed E-state index contributed by atoms with van der Waals surface area (Å²) in [4.78, 5) is 0. The standard InChI is InChI=1S/C15H30/c1-8-12(4)13(5)14(9-2)11-15(6,7)10-3/h8,12-14H,1,9-11H2,2-7H3. The topological polar surface area (TPSA) is 0 Å². The zero-order chi connectivity index (χ0) is 12.1. The first-order valence-corrected chi connectivity index (χ1v) is 6.50. The average Bonchev–Trinajstić information content (AvgIpc) is 2.23. The number of allylic oxidation sites excluding steroid dienone is 1. The summed E-state index contributed by atoms with van der Waals surface area (Å²) in [6.45, 7) is 18.0. The van der Waals surface area contributed by atoms with Crippen LogP contribution in [0.25, 0.3) is 0 Å². The number of hydrogen-bond donors (Lipinski definition) is 0. The highest BCUT2D eigenvalue weighted by Crippen LogP contribution is 2.36. The van der Waals surface area contributed by atoms with Gasteiger partial charge in [0.15, 0.2) is 0 Å². The van der Waals surface area contributed by atoms with Crippen molar-refractivity contribution >= 4 is 0 Å². The Morgan fingerprint density at radius 3 is 2.07 bits per heavy atom. The predicted octanol–water partition coefficient (Wildman–Crippen LogP) is 5.30. The minimum atomic E-state index is 0.496. The van der Waals surface area contributed by atoms with E-state index in [-0.39, 0.29) is 0 Å². The van der Waals surface area contributed by atoms with E-state index in [9.17, 15) is 0 Å². The molecule has 0 aromatic rings. The molecule has 0 fully saturated rings. The van der Waals surface area contributed by atoms with Crippen molar-refractivity contribution in [1.29, 1.82) is 0 Å². The molecule has 90 valence electrons. The van der Waals surface area contributed by atoms with Crippen molar-refractivity contribution in [1.82, 2.24) is 0 Å². The molecule has 0 heterocycles. The maximum absolute atomic E-state index is 3.92. The van der Waals surface area contributed by atoms with Gasteiger partial charge in [-0.2, -0.15) is 0 Å². The van der Waals surface area contributed by atoms with Crippen LogP contribution in [0.1, 0.15) is 60.8 Å². The van der Waals surface area contributed by atoms with Gasteiger partial charge >= 0.3 is 0 Å². The lowest BCUT2D eigenvalue weighted by atomic mass is 9.72. The van der Waals surface area contributed by atoms with Gasteiger partial charge in [-0.25, -0.2) is 0 Å². The van der Waals surface area contributed by atoms with Crippen molar-refractivity contribution in [2.24, 2.45) is 23.2 Å². The molecule has 3 atom stereocenters. The molecule has 3 unspecified atom stereocenters. The molecule has 0 aromatic heterocycles. The third-order valence-corrected chi connectivity index (χ3v) is 4.24. The van der Waals surface area contributed by atoms with E-state index in [0.29, 0.717) is 11.3 Å². The van der Waals surface area contributed by atoms with Gasteiger partial charge in [-0.15, -0.1) is 6.58 Å². The maximum Gasteiger partial charge on any atom is -0.0236 e. The van der Waals surface area contributed by atoms with Crippen LogP contribution in [0.4, 0.5) is 0 Å². The summed E-state index contributed by atoms with van der Waals surface area (Å²) in [5.41, 5.74) is 0.496. The Balaban J connectivity index is 4.42. The van der Waals surface area contributed by atoms with Gasteiger partial charge in [0.1, 0.15) is 0 Å². The third kappa shape index (κ3) is 4.86. The third-order valence-electron chi connectivity index (χ3n) is 4.24. The van der Waals surface area contributed by atoms with Crippen LogP contribution in [0.2, 0.25) is 0 Å². The van der Waals surface area contributed by atoms with E-state index in [4.69, 9.17) is 0 Å². The molecular formula is C15H30. The van der Waals surface area contributed by atoms with Gasteiger partial charge < -0.3 is 0 Å². The summed E-state index contributed by atoms with van der Waals surface area (Å²) in [7, 11) is 0. The van der Waals surface area contributed by atoms with Crippen LogP contribution >= 0.6 is 0 Å². The van der Waals surface area contributed by atoms with Crippen LogP contribution in [0.5, 0.6) is 0 Å². The molecule has 0 aliphatic heterocycles. The van der Waals surface area contributed by atoms with E-state index in [1.54, 1.807) is 0 Å². The molecule has 0 aromatic carbocycles. The van der Waals surface area contributed by atoms with E-state index in [2.05, 4.69) is 54.2 Å². The molecule has 0 rings (SSSR count). The molecule has 0 nitrogen and oxygen atoms in total. The summed E-state index contributed by atoms with van der Waals surface area (Å²) in [6.07, 6.45) is 6.02. The van der Waals surface area contributed by atoms with E-state index in [1.165, 1.54) is 19.3 Å². The second-order valence-corrected chi connectivity index (χ2v) is 5.84. The van der Waals surface area contributed by atoms with Gasteiger partial charge in [-0.1, -0.05) is 60.5 Å². The Labute approximate surface area is 97.2 Å². The summed E-state index contributed by atoms with van der Waals surface area (Å²) < 4.78 is 0. The zero-order valence-electron chi connectivity index (χ0n) is 11.6. The van der Waals surface area contributed by atoms with Gasteiger partial charge in [0, 0.05) is 0 Å². The van der Waals surface area contributed by atoms with Gasteiger partial charge in [0.25, 0.3) is 0 Å². The average molecular weight is 210 g/mol. The predicted molar refractivity (Wildman–Crippen MR) is 71.0 cm³/mol. The van der Waals surface area contributed by atoms with Crippen molar-refractivity contribution in [3.05, 3.63) is 12.7 Å². The van der Waals surface area contributed by atoms with Crippen molar-refractivity contribution in [2.45, 2.75) is 60.8 Å². The number of hydrogen-bond acceptors (Lipinski definition) is 0. The first-order chi connectivity index (χ1) is 6.87. The minimum absolute atomic E-state index is 0.496. The van der Waals surface area contributed by atoms with Gasteiger partial charge in [0.05, 0.1) is 0 Å². The molecule has 0 aliphatic rings. The highest BCUT2D eigenvalue weighted by molar-refractivity contribution is 4.84. The normalized spacial score (nSPS) is 18.3. The molecule has 0 amide bonds. The molecule has 0 saturated carbocycles. The fraction of sp³-hybridized carbons (Fsp3) is 0.867. The van der Waals surface area contributed by atoms with Crippen molar-refractivity contribution in [3.8, 4) is 0 Å². The monoisotopic (exact) mass is 210 g/mol. The molecule has 0 aliphatic carbocycles. The van der Waals surface area contributed by atoms with E-state index < -0.39 is 0 Å². The summed E-state index contributed by atoms with van der Waals surface area (Å²) in [6, 6.07) is 0. The zero-order valence-corrected chi connectivity index (χ0v) is 11.6. The second kappa shape index (κ2) is 6.35. The van der Waals surface area contributed by atoms with Crippen LogP contribution in [-0.4, -0.2) is 0 Å². The molecule has 15 heavy (non-hydrogen) atoms. The summed E-state index contributed by atoms with van der Waals surface area (Å²) >= 11 is 0. The van der Waals surface area contributed by atoms with Crippen LogP contribution in [0, 0.1) is 23.2 Å². The van der Waals surface area contributed by atoms with Crippen LogP contribution in [0.15, 0.2) is 12.7 Å². The van der Waals surface area contributed by atoms with Crippen molar-refractivity contribution in [3.63, 3.8) is 0 Å². The summed E-state index contributed by atoms with van der Waals surface area (Å²) in [5, 5.41) is 0. The van der Waals surface area contributed by atoms with Crippen molar-refractivity contribution < 1.29 is 0 Å². The maximum atomic E-state index is 3.92. The molecular weight excluding hydrogens is 180 g/mol. The molecule has 0 radical (unpaired) electrons. The van der Waals surface area contributed by atoms with Gasteiger partial charge in [-0.3, -0.25) is 0 Å². The van der Waals surface area contributed by atoms with E-state index in [1.807, 2.05) is 0 Å². The quantitative estimate of drug-likeness (QED) is 0.500. The smallest absolute Gasteiger partial charge is 0.0236 e. The highest BCUT2D eigenvalue weighted by Gasteiger charge is 2.26. The van der Waals surface area contributed by atoms with Crippen LogP contribution < -0.4 is 0 Å². The molecule has 0 spiro atoms. The minimum Gasteiger partial charge on any atom is -0.103 e. The Morgan fingerprint density at radius 2 is 1.73 bits per heavy atom. The Hall–Kier alpha value is -0.260. The van der Waals surface area contributed by atoms with Gasteiger partial charge in [0.2, 0.25) is 0 Å². The molecule has 0 bridgehead atoms. The molecule has 0 N–H and O–H groups in total. The highest BCUT2D eigenvalue weighted by atomic mass is 14.3. The SMILES string of the molecule is C=CC(C)C(C)C(CC)CC(C)(C)CC. The Bertz CT molecular complexity index is 178.